The molecule has 1 aromatic heterocycles. The lowest BCUT2D eigenvalue weighted by Gasteiger charge is -2.23. The molecule has 1 N–H and O–H groups in total. The molecule has 17 heavy (non-hydrogen) atoms. The number of hydrogen-bond donors (Lipinski definition) is 1. The van der Waals surface area contributed by atoms with Crippen molar-refractivity contribution in [3.63, 3.8) is 0 Å². The van der Waals surface area contributed by atoms with E-state index in [1.807, 2.05) is 0 Å². The van der Waals surface area contributed by atoms with Gasteiger partial charge in [-0.15, -0.1) is 0 Å². The average molecular weight is 228 g/mol. The summed E-state index contributed by atoms with van der Waals surface area (Å²) in [6.07, 6.45) is 6.04. The standard InChI is InChI=1S/C15H20N2/c1-17-10-7-13-3-2-4-14(15(13)17)11-12-5-8-16-9-6-12/h2-4,7,10,12,16H,5-6,8-9,11H2,1H3. The molecule has 3 rings (SSSR count). The molecular formula is C15H20N2. The molecule has 0 radical (unpaired) electrons. The van der Waals surface area contributed by atoms with Crippen LogP contribution in [0.15, 0.2) is 30.5 Å². The Bertz CT molecular complexity index is 507. The van der Waals surface area contributed by atoms with Crippen LogP contribution in [0.4, 0.5) is 0 Å². The monoisotopic (exact) mass is 228 g/mol. The van der Waals surface area contributed by atoms with Gasteiger partial charge >= 0.3 is 0 Å². The number of hydrogen-bond acceptors (Lipinski definition) is 1. The SMILES string of the molecule is Cn1ccc2cccc(CC3CCNCC3)c21. The second-order valence-electron chi connectivity index (χ2n) is 5.18. The molecule has 0 unspecified atom stereocenters. The highest BCUT2D eigenvalue weighted by molar-refractivity contribution is 5.83. The third-order valence-electron chi connectivity index (χ3n) is 3.95. The predicted octanol–water partition coefficient (Wildman–Crippen LogP) is 2.72. The van der Waals surface area contributed by atoms with Gasteiger partial charge in [-0.3, -0.25) is 0 Å². The molecule has 0 saturated carbocycles. The van der Waals surface area contributed by atoms with Gasteiger partial charge in [0.1, 0.15) is 0 Å². The van der Waals surface area contributed by atoms with Gasteiger partial charge in [0.15, 0.2) is 0 Å². The van der Waals surface area contributed by atoms with Crippen LogP contribution in [0.3, 0.4) is 0 Å². The highest BCUT2D eigenvalue weighted by atomic mass is 14.9. The largest absolute Gasteiger partial charge is 0.350 e. The molecule has 2 aromatic rings. The van der Waals surface area contributed by atoms with Gasteiger partial charge in [0, 0.05) is 13.2 Å². The Balaban J connectivity index is 1.91. The molecular weight excluding hydrogens is 208 g/mol. The van der Waals surface area contributed by atoms with Crippen LogP contribution in [0, 0.1) is 5.92 Å². The lowest BCUT2D eigenvalue weighted by molar-refractivity contribution is 0.373. The van der Waals surface area contributed by atoms with E-state index in [0.717, 1.165) is 5.92 Å². The van der Waals surface area contributed by atoms with Crippen LogP contribution in [0.1, 0.15) is 18.4 Å². The second kappa shape index (κ2) is 4.53. The smallest absolute Gasteiger partial charge is 0.0510 e. The van der Waals surface area contributed by atoms with Gasteiger partial charge in [-0.1, -0.05) is 18.2 Å². The van der Waals surface area contributed by atoms with Gasteiger partial charge < -0.3 is 9.88 Å². The number of rotatable bonds is 2. The molecule has 0 aliphatic carbocycles. The maximum atomic E-state index is 3.44. The summed E-state index contributed by atoms with van der Waals surface area (Å²) in [5, 5.41) is 4.81. The molecule has 2 nitrogen and oxygen atoms in total. The number of aromatic nitrogens is 1. The first-order chi connectivity index (χ1) is 8.34. The van der Waals surface area contributed by atoms with E-state index < -0.39 is 0 Å². The van der Waals surface area contributed by atoms with E-state index >= 15 is 0 Å². The van der Waals surface area contributed by atoms with E-state index in [9.17, 15) is 0 Å². The summed E-state index contributed by atoms with van der Waals surface area (Å²) in [7, 11) is 2.15. The molecule has 0 bridgehead atoms. The van der Waals surface area contributed by atoms with Crippen molar-refractivity contribution in [1.82, 2.24) is 9.88 Å². The Morgan fingerprint density at radius 3 is 2.88 bits per heavy atom. The van der Waals surface area contributed by atoms with Crippen LogP contribution in [0.25, 0.3) is 10.9 Å². The van der Waals surface area contributed by atoms with E-state index in [-0.39, 0.29) is 0 Å². The summed E-state index contributed by atoms with van der Waals surface area (Å²) in [5.41, 5.74) is 2.94. The first-order valence-electron chi connectivity index (χ1n) is 6.58. The van der Waals surface area contributed by atoms with E-state index in [1.165, 1.54) is 48.8 Å². The molecule has 1 aliphatic rings. The van der Waals surface area contributed by atoms with Crippen LogP contribution < -0.4 is 5.32 Å². The maximum absolute atomic E-state index is 3.44. The van der Waals surface area contributed by atoms with E-state index in [2.05, 4.69) is 47.4 Å². The predicted molar refractivity (Wildman–Crippen MR) is 72.2 cm³/mol. The molecule has 1 saturated heterocycles. The lowest BCUT2D eigenvalue weighted by Crippen LogP contribution is -2.28. The Kier molecular flexibility index (Phi) is 2.89. The second-order valence-corrected chi connectivity index (χ2v) is 5.18. The summed E-state index contributed by atoms with van der Waals surface area (Å²) in [5.74, 6) is 0.858. The van der Waals surface area contributed by atoms with Gasteiger partial charge in [0.2, 0.25) is 0 Å². The maximum Gasteiger partial charge on any atom is 0.0510 e. The van der Waals surface area contributed by atoms with E-state index in [4.69, 9.17) is 0 Å². The van der Waals surface area contributed by atoms with Crippen LogP contribution in [-0.2, 0) is 13.5 Å². The molecule has 1 fully saturated rings. The normalized spacial score (nSPS) is 17.7. The highest BCUT2D eigenvalue weighted by Gasteiger charge is 2.15. The summed E-state index contributed by atoms with van der Waals surface area (Å²) >= 11 is 0. The van der Waals surface area contributed by atoms with Crippen molar-refractivity contribution >= 4 is 10.9 Å². The van der Waals surface area contributed by atoms with Crippen LogP contribution in [-0.4, -0.2) is 17.7 Å². The lowest BCUT2D eigenvalue weighted by atomic mass is 9.90. The van der Waals surface area contributed by atoms with Crippen LogP contribution in [0.5, 0.6) is 0 Å². The summed E-state index contributed by atoms with van der Waals surface area (Å²) in [6.45, 7) is 2.38. The molecule has 0 spiro atoms. The minimum atomic E-state index is 0.858. The van der Waals surface area contributed by atoms with Crippen molar-refractivity contribution in [3.8, 4) is 0 Å². The Labute approximate surface area is 103 Å². The summed E-state index contributed by atoms with van der Waals surface area (Å²) < 4.78 is 2.26. The van der Waals surface area contributed by atoms with Crippen molar-refractivity contribution in [1.29, 1.82) is 0 Å². The molecule has 1 aliphatic heterocycles. The summed E-state index contributed by atoms with van der Waals surface area (Å²) in [4.78, 5) is 0. The van der Waals surface area contributed by atoms with Crippen molar-refractivity contribution in [2.24, 2.45) is 13.0 Å². The number of piperidine rings is 1. The minimum Gasteiger partial charge on any atom is -0.350 e. The number of fused-ring (bicyclic) bond motifs is 1. The first kappa shape index (κ1) is 10.8. The number of benzene rings is 1. The molecule has 2 heterocycles. The Morgan fingerprint density at radius 2 is 2.06 bits per heavy atom. The molecule has 1 aromatic carbocycles. The fourth-order valence-electron chi connectivity index (χ4n) is 3.00. The Hall–Kier alpha value is -1.28. The van der Waals surface area contributed by atoms with E-state index in [1.54, 1.807) is 0 Å². The topological polar surface area (TPSA) is 17.0 Å². The first-order valence-corrected chi connectivity index (χ1v) is 6.58. The van der Waals surface area contributed by atoms with Gasteiger partial charge in [0.25, 0.3) is 0 Å². The third kappa shape index (κ3) is 2.09. The zero-order valence-electron chi connectivity index (χ0n) is 10.4. The average Bonchev–Trinajstić information content (AvgIpc) is 2.74. The number of nitrogens with zero attached hydrogens (tertiary/aromatic N) is 1. The van der Waals surface area contributed by atoms with Crippen molar-refractivity contribution in [2.75, 3.05) is 13.1 Å². The van der Waals surface area contributed by atoms with E-state index in [0.29, 0.717) is 0 Å². The van der Waals surface area contributed by atoms with Crippen LogP contribution >= 0.6 is 0 Å². The quantitative estimate of drug-likeness (QED) is 0.836. The zero-order chi connectivity index (χ0) is 11.7. The van der Waals surface area contributed by atoms with Crippen LogP contribution in [0.2, 0.25) is 0 Å². The fraction of sp³-hybridized carbons (Fsp3) is 0.467. The molecule has 0 amide bonds. The number of aryl methyl sites for hydroxylation is 1. The minimum absolute atomic E-state index is 0.858. The number of nitrogens with one attached hydrogen (secondary N) is 1. The third-order valence-corrected chi connectivity index (χ3v) is 3.95. The highest BCUT2D eigenvalue weighted by Crippen LogP contribution is 2.24. The molecule has 2 heteroatoms. The summed E-state index contributed by atoms with van der Waals surface area (Å²) in [6, 6.07) is 8.91. The Morgan fingerprint density at radius 1 is 1.24 bits per heavy atom. The molecule has 90 valence electrons. The van der Waals surface area contributed by atoms with Gasteiger partial charge in [-0.2, -0.15) is 0 Å². The number of para-hydroxylation sites is 1. The van der Waals surface area contributed by atoms with Gasteiger partial charge in [-0.05, 0) is 55.3 Å². The van der Waals surface area contributed by atoms with Gasteiger partial charge in [-0.25, -0.2) is 0 Å². The van der Waals surface area contributed by atoms with Crippen molar-refractivity contribution < 1.29 is 0 Å². The van der Waals surface area contributed by atoms with Gasteiger partial charge in [0.05, 0.1) is 5.52 Å². The van der Waals surface area contributed by atoms with Crippen molar-refractivity contribution in [3.05, 3.63) is 36.0 Å². The zero-order valence-corrected chi connectivity index (χ0v) is 10.4. The van der Waals surface area contributed by atoms with Crippen molar-refractivity contribution in [2.45, 2.75) is 19.3 Å². The molecule has 0 atom stereocenters. The fourth-order valence-corrected chi connectivity index (χ4v) is 3.00.